The van der Waals surface area contributed by atoms with Crippen LogP contribution in [0.1, 0.15) is 32.1 Å². The molecule has 2 atom stereocenters. The second-order valence-electron chi connectivity index (χ2n) is 5.65. The van der Waals surface area contributed by atoms with Crippen LogP contribution in [0.2, 0.25) is 0 Å². The van der Waals surface area contributed by atoms with Crippen molar-refractivity contribution in [2.24, 2.45) is 5.92 Å². The predicted octanol–water partition coefficient (Wildman–Crippen LogP) is 1.61. The van der Waals surface area contributed by atoms with E-state index < -0.39 is 0 Å². The molecule has 0 amide bonds. The van der Waals surface area contributed by atoms with Gasteiger partial charge in [-0.25, -0.2) is 0 Å². The standard InChI is InChI=1S/C13H21NO2S/c15-12(8-14-11-1-2-11)10-3-5-16-13(7-10)4-6-17-9-13/h10-11,14H,1-9H2. The minimum Gasteiger partial charge on any atom is -0.374 e. The fourth-order valence-electron chi connectivity index (χ4n) is 2.84. The van der Waals surface area contributed by atoms with Crippen molar-refractivity contribution in [3.05, 3.63) is 0 Å². The van der Waals surface area contributed by atoms with Gasteiger partial charge in [0.2, 0.25) is 0 Å². The van der Waals surface area contributed by atoms with Crippen molar-refractivity contribution in [2.45, 2.75) is 43.7 Å². The van der Waals surface area contributed by atoms with E-state index in [0.717, 1.165) is 31.6 Å². The highest BCUT2D eigenvalue weighted by molar-refractivity contribution is 7.99. The maximum absolute atomic E-state index is 12.1. The van der Waals surface area contributed by atoms with E-state index in [1.807, 2.05) is 11.8 Å². The molecule has 1 saturated carbocycles. The van der Waals surface area contributed by atoms with Crippen LogP contribution in [-0.4, -0.2) is 42.1 Å². The minimum absolute atomic E-state index is 0.0445. The normalized spacial score (nSPS) is 37.5. The van der Waals surface area contributed by atoms with Crippen LogP contribution in [-0.2, 0) is 9.53 Å². The van der Waals surface area contributed by atoms with Crippen LogP contribution in [0.5, 0.6) is 0 Å². The zero-order valence-electron chi connectivity index (χ0n) is 10.2. The average Bonchev–Trinajstić information content (AvgIpc) is 3.08. The number of carbonyl (C=O) groups excluding carboxylic acids is 1. The van der Waals surface area contributed by atoms with E-state index in [4.69, 9.17) is 4.74 Å². The third kappa shape index (κ3) is 2.85. The molecular weight excluding hydrogens is 234 g/mol. The average molecular weight is 255 g/mol. The number of thioether (sulfide) groups is 1. The quantitative estimate of drug-likeness (QED) is 0.828. The van der Waals surface area contributed by atoms with E-state index in [1.54, 1.807) is 0 Å². The first kappa shape index (κ1) is 12.0. The fraction of sp³-hybridized carbons (Fsp3) is 0.923. The summed E-state index contributed by atoms with van der Waals surface area (Å²) in [7, 11) is 0. The van der Waals surface area contributed by atoms with Crippen molar-refractivity contribution >= 4 is 17.5 Å². The lowest BCUT2D eigenvalue weighted by Crippen LogP contribution is -2.43. The zero-order valence-corrected chi connectivity index (χ0v) is 11.1. The van der Waals surface area contributed by atoms with E-state index in [9.17, 15) is 4.79 Å². The largest absolute Gasteiger partial charge is 0.374 e. The third-order valence-electron chi connectivity index (χ3n) is 4.16. The molecule has 1 spiro atoms. The summed E-state index contributed by atoms with van der Waals surface area (Å²) >= 11 is 1.97. The lowest BCUT2D eigenvalue weighted by Gasteiger charge is -2.37. The maximum Gasteiger partial charge on any atom is 0.149 e. The monoisotopic (exact) mass is 255 g/mol. The number of nitrogens with one attached hydrogen (secondary N) is 1. The van der Waals surface area contributed by atoms with Crippen molar-refractivity contribution in [1.29, 1.82) is 0 Å². The number of carbonyl (C=O) groups is 1. The number of hydrogen-bond acceptors (Lipinski definition) is 4. The van der Waals surface area contributed by atoms with Crippen LogP contribution in [0.15, 0.2) is 0 Å². The molecular formula is C13H21NO2S. The summed E-state index contributed by atoms with van der Waals surface area (Å²) in [6, 6.07) is 0.634. The van der Waals surface area contributed by atoms with Gasteiger partial charge in [-0.2, -0.15) is 11.8 Å². The number of hydrogen-bond donors (Lipinski definition) is 1. The summed E-state index contributed by atoms with van der Waals surface area (Å²) in [4.78, 5) is 12.1. The van der Waals surface area contributed by atoms with Crippen molar-refractivity contribution in [3.8, 4) is 0 Å². The summed E-state index contributed by atoms with van der Waals surface area (Å²) in [5.74, 6) is 2.94. The Bertz CT molecular complexity index is 298. The predicted molar refractivity (Wildman–Crippen MR) is 69.4 cm³/mol. The Morgan fingerprint density at radius 3 is 3.00 bits per heavy atom. The molecule has 0 bridgehead atoms. The van der Waals surface area contributed by atoms with E-state index in [0.29, 0.717) is 18.4 Å². The molecule has 96 valence electrons. The molecule has 2 unspecified atom stereocenters. The first-order valence-corrected chi connectivity index (χ1v) is 7.91. The van der Waals surface area contributed by atoms with Crippen LogP contribution in [0.25, 0.3) is 0 Å². The molecule has 3 fully saturated rings. The fourth-order valence-corrected chi connectivity index (χ4v) is 4.22. The Labute approximate surface area is 107 Å². The first-order chi connectivity index (χ1) is 8.27. The summed E-state index contributed by atoms with van der Waals surface area (Å²) in [5, 5.41) is 3.34. The molecule has 3 rings (SSSR count). The molecule has 3 nitrogen and oxygen atoms in total. The Balaban J connectivity index is 1.53. The second kappa shape index (κ2) is 4.90. The van der Waals surface area contributed by atoms with Gasteiger partial charge in [0.05, 0.1) is 12.1 Å². The zero-order chi connectivity index (χ0) is 11.7. The summed E-state index contributed by atoms with van der Waals surface area (Å²) < 4.78 is 5.95. The van der Waals surface area contributed by atoms with Crippen molar-refractivity contribution in [3.63, 3.8) is 0 Å². The highest BCUT2D eigenvalue weighted by Gasteiger charge is 2.42. The van der Waals surface area contributed by atoms with Gasteiger partial charge in [-0.1, -0.05) is 0 Å². The number of ketones is 1. The van der Waals surface area contributed by atoms with Crippen LogP contribution >= 0.6 is 11.8 Å². The summed E-state index contributed by atoms with van der Waals surface area (Å²) in [5.41, 5.74) is 0.0445. The Kier molecular flexibility index (Phi) is 3.46. The third-order valence-corrected chi connectivity index (χ3v) is 5.38. The van der Waals surface area contributed by atoms with Crippen LogP contribution in [0.3, 0.4) is 0 Å². The molecule has 1 aliphatic carbocycles. The Hall–Kier alpha value is -0.0600. The molecule has 2 aliphatic heterocycles. The minimum atomic E-state index is 0.0445. The number of rotatable bonds is 4. The van der Waals surface area contributed by atoms with Gasteiger partial charge in [-0.15, -0.1) is 0 Å². The Morgan fingerprint density at radius 2 is 2.29 bits per heavy atom. The van der Waals surface area contributed by atoms with Crippen molar-refractivity contribution in [1.82, 2.24) is 5.32 Å². The summed E-state index contributed by atoms with van der Waals surface area (Å²) in [6.07, 6.45) is 5.53. The SMILES string of the molecule is O=C(CNC1CC1)C1CCOC2(CCSC2)C1. The molecule has 2 heterocycles. The highest BCUT2D eigenvalue weighted by Crippen LogP contribution is 2.40. The number of ether oxygens (including phenoxy) is 1. The van der Waals surface area contributed by atoms with E-state index >= 15 is 0 Å². The lowest BCUT2D eigenvalue weighted by atomic mass is 9.83. The molecule has 3 aliphatic rings. The maximum atomic E-state index is 12.1. The van der Waals surface area contributed by atoms with Crippen molar-refractivity contribution < 1.29 is 9.53 Å². The lowest BCUT2D eigenvalue weighted by molar-refractivity contribution is -0.133. The second-order valence-corrected chi connectivity index (χ2v) is 6.75. The van der Waals surface area contributed by atoms with Crippen LogP contribution in [0.4, 0.5) is 0 Å². The van der Waals surface area contributed by atoms with Gasteiger partial charge in [0.1, 0.15) is 5.78 Å². The van der Waals surface area contributed by atoms with E-state index in [1.165, 1.54) is 18.6 Å². The smallest absolute Gasteiger partial charge is 0.149 e. The van der Waals surface area contributed by atoms with Gasteiger partial charge < -0.3 is 10.1 Å². The Morgan fingerprint density at radius 1 is 1.41 bits per heavy atom. The van der Waals surface area contributed by atoms with Crippen LogP contribution < -0.4 is 5.32 Å². The molecule has 0 aromatic rings. The first-order valence-electron chi connectivity index (χ1n) is 6.75. The van der Waals surface area contributed by atoms with Gasteiger partial charge in [-0.3, -0.25) is 4.79 Å². The van der Waals surface area contributed by atoms with Gasteiger partial charge in [-0.05, 0) is 37.9 Å². The number of Topliss-reactive ketones (excluding diaryl/α,β-unsaturated/α-hetero) is 1. The topological polar surface area (TPSA) is 38.3 Å². The van der Waals surface area contributed by atoms with Crippen molar-refractivity contribution in [2.75, 3.05) is 24.7 Å². The van der Waals surface area contributed by atoms with Gasteiger partial charge in [0.15, 0.2) is 0 Å². The van der Waals surface area contributed by atoms with E-state index in [-0.39, 0.29) is 11.5 Å². The molecule has 4 heteroatoms. The molecule has 17 heavy (non-hydrogen) atoms. The van der Waals surface area contributed by atoms with Gasteiger partial charge in [0.25, 0.3) is 0 Å². The molecule has 0 aromatic carbocycles. The molecule has 0 aromatic heterocycles. The van der Waals surface area contributed by atoms with E-state index in [2.05, 4.69) is 5.32 Å². The molecule has 1 N–H and O–H groups in total. The summed E-state index contributed by atoms with van der Waals surface area (Å²) in [6.45, 7) is 1.36. The van der Waals surface area contributed by atoms with Crippen LogP contribution in [0, 0.1) is 5.92 Å². The molecule has 2 saturated heterocycles. The van der Waals surface area contributed by atoms with Gasteiger partial charge >= 0.3 is 0 Å². The molecule has 0 radical (unpaired) electrons. The van der Waals surface area contributed by atoms with Gasteiger partial charge in [0, 0.05) is 24.3 Å². The highest BCUT2D eigenvalue weighted by atomic mass is 32.2.